The zero-order chi connectivity index (χ0) is 15.1. The largest absolute Gasteiger partial charge is 0.365 e. The zero-order valence-electron chi connectivity index (χ0n) is 14.2. The van der Waals surface area contributed by atoms with Crippen LogP contribution in [0.1, 0.15) is 59.3 Å². The summed E-state index contributed by atoms with van der Waals surface area (Å²) in [6, 6.07) is 0.787. The van der Waals surface area contributed by atoms with Crippen LogP contribution in [0.3, 0.4) is 0 Å². The fourth-order valence-electron chi connectivity index (χ4n) is 3.30. The van der Waals surface area contributed by atoms with Crippen LogP contribution in [0.2, 0.25) is 0 Å². The molecule has 1 atom stereocenters. The highest BCUT2D eigenvalue weighted by Crippen LogP contribution is 2.34. The summed E-state index contributed by atoms with van der Waals surface area (Å²) in [4.78, 5) is 7.43. The van der Waals surface area contributed by atoms with Crippen molar-refractivity contribution in [3.63, 3.8) is 0 Å². The minimum atomic E-state index is 0.457. The van der Waals surface area contributed by atoms with E-state index >= 15 is 0 Å². The van der Waals surface area contributed by atoms with Gasteiger partial charge in [-0.25, -0.2) is 0 Å². The number of nitrogens with zero attached hydrogens (tertiary/aromatic N) is 2. The zero-order valence-corrected chi connectivity index (χ0v) is 15.0. The molecule has 0 bridgehead atoms. The third-order valence-electron chi connectivity index (χ3n) is 5.41. The SMILES string of the molecule is CCC1(CC)CN=C(NCCCN2CCCCC2C)SC1. The third kappa shape index (κ3) is 4.88. The predicted octanol–water partition coefficient (Wildman–Crippen LogP) is 3.75. The molecular formula is C17H33N3S. The van der Waals surface area contributed by atoms with Gasteiger partial charge >= 0.3 is 0 Å². The van der Waals surface area contributed by atoms with Crippen LogP contribution in [0.25, 0.3) is 0 Å². The summed E-state index contributed by atoms with van der Waals surface area (Å²) in [5.41, 5.74) is 0.457. The van der Waals surface area contributed by atoms with Crippen molar-refractivity contribution in [2.24, 2.45) is 10.4 Å². The first-order valence-electron chi connectivity index (χ1n) is 8.84. The van der Waals surface area contributed by atoms with Crippen molar-refractivity contribution in [3.05, 3.63) is 0 Å². The van der Waals surface area contributed by atoms with Gasteiger partial charge in [0, 0.05) is 31.4 Å². The van der Waals surface area contributed by atoms with E-state index in [1.807, 2.05) is 11.8 Å². The van der Waals surface area contributed by atoms with Crippen molar-refractivity contribution in [1.29, 1.82) is 0 Å². The van der Waals surface area contributed by atoms with Crippen molar-refractivity contribution < 1.29 is 0 Å². The van der Waals surface area contributed by atoms with E-state index in [-0.39, 0.29) is 0 Å². The quantitative estimate of drug-likeness (QED) is 0.757. The molecule has 0 aromatic rings. The second-order valence-corrected chi connectivity index (χ2v) is 7.74. The van der Waals surface area contributed by atoms with Crippen LogP contribution >= 0.6 is 11.8 Å². The van der Waals surface area contributed by atoms with E-state index in [9.17, 15) is 0 Å². The standard InChI is InChI=1S/C17H33N3S/c1-4-17(5-2)13-19-16(21-14-17)18-10-8-12-20-11-7-6-9-15(20)3/h15H,4-14H2,1-3H3,(H,18,19). The van der Waals surface area contributed by atoms with Crippen LogP contribution in [0.4, 0.5) is 0 Å². The maximum atomic E-state index is 4.78. The highest BCUT2D eigenvalue weighted by Gasteiger charge is 2.29. The van der Waals surface area contributed by atoms with Crippen LogP contribution in [0.5, 0.6) is 0 Å². The molecule has 1 fully saturated rings. The predicted molar refractivity (Wildman–Crippen MR) is 95.3 cm³/mol. The number of likely N-dealkylation sites (tertiary alicyclic amines) is 1. The summed E-state index contributed by atoms with van der Waals surface area (Å²) in [6.07, 6.45) is 7.92. The average molecular weight is 312 g/mol. The third-order valence-corrected chi connectivity index (χ3v) is 6.72. The number of nitrogens with one attached hydrogen (secondary N) is 1. The fourth-order valence-corrected chi connectivity index (χ4v) is 4.61. The molecule has 2 rings (SSSR count). The number of hydrogen-bond acceptors (Lipinski definition) is 4. The monoisotopic (exact) mass is 311 g/mol. The van der Waals surface area contributed by atoms with Gasteiger partial charge in [0.2, 0.25) is 0 Å². The van der Waals surface area contributed by atoms with E-state index in [0.717, 1.165) is 19.1 Å². The maximum Gasteiger partial charge on any atom is 0.156 e. The summed E-state index contributed by atoms with van der Waals surface area (Å²) >= 11 is 1.93. The molecule has 2 heterocycles. The molecule has 0 aliphatic carbocycles. The van der Waals surface area contributed by atoms with Crippen LogP contribution < -0.4 is 5.32 Å². The number of hydrogen-bond donors (Lipinski definition) is 1. The van der Waals surface area contributed by atoms with Crippen LogP contribution in [-0.4, -0.2) is 48.0 Å². The minimum absolute atomic E-state index is 0.457. The van der Waals surface area contributed by atoms with E-state index in [1.165, 1.54) is 62.5 Å². The molecule has 0 aromatic carbocycles. The molecule has 1 unspecified atom stereocenters. The molecule has 0 amide bonds. The first kappa shape index (κ1) is 17.1. The lowest BCUT2D eigenvalue weighted by atomic mass is 9.84. The molecule has 1 saturated heterocycles. The van der Waals surface area contributed by atoms with Gasteiger partial charge in [-0.2, -0.15) is 0 Å². The molecule has 4 heteroatoms. The Hall–Kier alpha value is -0.220. The topological polar surface area (TPSA) is 27.6 Å². The van der Waals surface area contributed by atoms with E-state index in [0.29, 0.717) is 5.41 Å². The van der Waals surface area contributed by atoms with Crippen LogP contribution in [0.15, 0.2) is 4.99 Å². The van der Waals surface area contributed by atoms with Gasteiger partial charge in [0.15, 0.2) is 5.17 Å². The van der Waals surface area contributed by atoms with E-state index in [4.69, 9.17) is 4.99 Å². The van der Waals surface area contributed by atoms with Gasteiger partial charge in [-0.15, -0.1) is 0 Å². The number of thioether (sulfide) groups is 1. The fraction of sp³-hybridized carbons (Fsp3) is 0.941. The Morgan fingerprint density at radius 2 is 2.14 bits per heavy atom. The molecular weight excluding hydrogens is 278 g/mol. The van der Waals surface area contributed by atoms with E-state index < -0.39 is 0 Å². The Morgan fingerprint density at radius 3 is 2.76 bits per heavy atom. The first-order chi connectivity index (χ1) is 10.2. The van der Waals surface area contributed by atoms with Crippen molar-refractivity contribution in [3.8, 4) is 0 Å². The maximum absolute atomic E-state index is 4.78. The lowest BCUT2D eigenvalue weighted by Gasteiger charge is -2.34. The lowest BCUT2D eigenvalue weighted by molar-refractivity contribution is 0.159. The highest BCUT2D eigenvalue weighted by molar-refractivity contribution is 8.13. The normalized spacial score (nSPS) is 26.4. The van der Waals surface area contributed by atoms with E-state index in [2.05, 4.69) is 31.0 Å². The molecule has 2 aliphatic rings. The Morgan fingerprint density at radius 1 is 1.33 bits per heavy atom. The van der Waals surface area contributed by atoms with Gasteiger partial charge in [0.1, 0.15) is 0 Å². The molecule has 2 aliphatic heterocycles. The number of aliphatic imine (C=N–C) groups is 1. The van der Waals surface area contributed by atoms with Gasteiger partial charge < -0.3 is 10.2 Å². The van der Waals surface area contributed by atoms with Crippen molar-refractivity contribution in [1.82, 2.24) is 10.2 Å². The number of piperidine rings is 1. The lowest BCUT2D eigenvalue weighted by Crippen LogP contribution is -2.39. The molecule has 1 N–H and O–H groups in total. The van der Waals surface area contributed by atoms with Crippen LogP contribution in [-0.2, 0) is 0 Å². The molecule has 21 heavy (non-hydrogen) atoms. The number of amidine groups is 1. The Labute approximate surface area is 135 Å². The van der Waals surface area contributed by atoms with Crippen LogP contribution in [0, 0.1) is 5.41 Å². The summed E-state index contributed by atoms with van der Waals surface area (Å²) in [5, 5.41) is 4.73. The summed E-state index contributed by atoms with van der Waals surface area (Å²) in [6.45, 7) is 11.6. The second kappa shape index (κ2) is 8.42. The molecule has 0 saturated carbocycles. The molecule has 3 nitrogen and oxygen atoms in total. The van der Waals surface area contributed by atoms with Crippen molar-refractivity contribution in [2.45, 2.75) is 65.3 Å². The van der Waals surface area contributed by atoms with E-state index in [1.54, 1.807) is 0 Å². The minimum Gasteiger partial charge on any atom is -0.365 e. The second-order valence-electron chi connectivity index (χ2n) is 6.78. The molecule has 0 aromatic heterocycles. The van der Waals surface area contributed by atoms with Gasteiger partial charge in [0.25, 0.3) is 0 Å². The first-order valence-corrected chi connectivity index (χ1v) is 9.83. The van der Waals surface area contributed by atoms with Gasteiger partial charge in [0.05, 0.1) is 0 Å². The smallest absolute Gasteiger partial charge is 0.156 e. The Kier molecular flexibility index (Phi) is 6.87. The molecule has 0 radical (unpaired) electrons. The summed E-state index contributed by atoms with van der Waals surface area (Å²) in [5.74, 6) is 1.23. The Bertz CT molecular complexity index is 339. The molecule has 122 valence electrons. The highest BCUT2D eigenvalue weighted by atomic mass is 32.2. The van der Waals surface area contributed by atoms with Gasteiger partial charge in [-0.05, 0) is 51.0 Å². The van der Waals surface area contributed by atoms with Gasteiger partial charge in [-0.1, -0.05) is 32.0 Å². The van der Waals surface area contributed by atoms with Crippen molar-refractivity contribution in [2.75, 3.05) is 31.9 Å². The Balaban J connectivity index is 1.64. The van der Waals surface area contributed by atoms with Crippen molar-refractivity contribution >= 4 is 16.9 Å². The average Bonchev–Trinajstić information content (AvgIpc) is 2.54. The number of rotatable bonds is 6. The van der Waals surface area contributed by atoms with Gasteiger partial charge in [-0.3, -0.25) is 4.99 Å². The molecule has 0 spiro atoms. The summed E-state index contributed by atoms with van der Waals surface area (Å²) < 4.78 is 0. The summed E-state index contributed by atoms with van der Waals surface area (Å²) in [7, 11) is 0.